The van der Waals surface area contributed by atoms with Gasteiger partial charge in [0.05, 0.1) is 12.1 Å². The molecule has 0 saturated heterocycles. The summed E-state index contributed by atoms with van der Waals surface area (Å²) in [6, 6.07) is 14.3. The highest BCUT2D eigenvalue weighted by Gasteiger charge is 2.18. The van der Waals surface area contributed by atoms with E-state index in [2.05, 4.69) is 55.3 Å². The molecule has 3 nitrogen and oxygen atoms in total. The van der Waals surface area contributed by atoms with Gasteiger partial charge in [0.1, 0.15) is 0 Å². The highest BCUT2D eigenvalue weighted by Crippen LogP contribution is 2.26. The van der Waals surface area contributed by atoms with Crippen molar-refractivity contribution in [3.8, 4) is 0 Å². The fraction of sp³-hybridized carbons (Fsp3) is 0.263. The van der Waals surface area contributed by atoms with Gasteiger partial charge in [0.25, 0.3) is 0 Å². The van der Waals surface area contributed by atoms with Gasteiger partial charge in [-0.1, -0.05) is 63.2 Å². The van der Waals surface area contributed by atoms with Crippen LogP contribution in [0.4, 0.5) is 5.13 Å². The lowest BCUT2D eigenvalue weighted by atomic mass is 9.93. The van der Waals surface area contributed by atoms with Crippen molar-refractivity contribution in [3.05, 3.63) is 59.1 Å². The number of nitrogens with zero attached hydrogens (tertiary/aromatic N) is 1. The van der Waals surface area contributed by atoms with E-state index in [0.717, 1.165) is 16.6 Å². The Balaban J connectivity index is 1.69. The standard InChI is InChI=1S/C19H20N2OS/c1-19(2,3)16-12-23-18(20-16)21-17(22)11-13-8-9-14-6-4-5-7-15(14)10-13/h4-10,12H,11H2,1-3H3,(H,20,21,22). The van der Waals surface area contributed by atoms with Crippen LogP contribution in [-0.4, -0.2) is 10.9 Å². The average Bonchev–Trinajstić information content (AvgIpc) is 2.95. The lowest BCUT2D eigenvalue weighted by Gasteiger charge is -2.14. The summed E-state index contributed by atoms with van der Waals surface area (Å²) in [6.07, 6.45) is 0.356. The number of aromatic nitrogens is 1. The highest BCUT2D eigenvalue weighted by molar-refractivity contribution is 7.13. The SMILES string of the molecule is CC(C)(C)c1csc(NC(=O)Cc2ccc3ccccc3c2)n1. The van der Waals surface area contributed by atoms with E-state index in [-0.39, 0.29) is 11.3 Å². The van der Waals surface area contributed by atoms with Crippen molar-refractivity contribution in [1.29, 1.82) is 0 Å². The molecule has 4 heteroatoms. The van der Waals surface area contributed by atoms with E-state index in [1.54, 1.807) is 0 Å². The Morgan fingerprint density at radius 1 is 1.13 bits per heavy atom. The van der Waals surface area contributed by atoms with Crippen LogP contribution in [-0.2, 0) is 16.6 Å². The van der Waals surface area contributed by atoms with Gasteiger partial charge in [0.2, 0.25) is 5.91 Å². The molecule has 0 atom stereocenters. The molecule has 1 amide bonds. The zero-order chi connectivity index (χ0) is 16.4. The molecule has 3 rings (SSSR count). The van der Waals surface area contributed by atoms with E-state index in [1.807, 2.05) is 23.6 Å². The van der Waals surface area contributed by atoms with Gasteiger partial charge in [-0.15, -0.1) is 11.3 Å². The number of nitrogens with one attached hydrogen (secondary N) is 1. The van der Waals surface area contributed by atoms with Crippen molar-refractivity contribution in [1.82, 2.24) is 4.98 Å². The predicted molar refractivity (Wildman–Crippen MR) is 97.1 cm³/mol. The van der Waals surface area contributed by atoms with Crippen molar-refractivity contribution in [2.75, 3.05) is 5.32 Å². The van der Waals surface area contributed by atoms with Crippen molar-refractivity contribution < 1.29 is 4.79 Å². The van der Waals surface area contributed by atoms with Crippen molar-refractivity contribution in [2.24, 2.45) is 0 Å². The Morgan fingerprint density at radius 3 is 2.57 bits per heavy atom. The number of amides is 1. The Labute approximate surface area is 140 Å². The number of thiazole rings is 1. The van der Waals surface area contributed by atoms with Crippen LogP contribution in [0.1, 0.15) is 32.0 Å². The van der Waals surface area contributed by atoms with E-state index in [4.69, 9.17) is 0 Å². The van der Waals surface area contributed by atoms with Gasteiger partial charge in [-0.25, -0.2) is 4.98 Å². The third kappa shape index (κ3) is 3.77. The number of hydrogen-bond donors (Lipinski definition) is 1. The summed E-state index contributed by atoms with van der Waals surface area (Å²) in [5, 5.41) is 7.91. The molecule has 0 aliphatic rings. The van der Waals surface area contributed by atoms with Gasteiger partial charge in [-0.05, 0) is 16.3 Å². The molecule has 1 aromatic heterocycles. The van der Waals surface area contributed by atoms with E-state index < -0.39 is 0 Å². The van der Waals surface area contributed by atoms with Crippen LogP contribution in [0.2, 0.25) is 0 Å². The maximum absolute atomic E-state index is 12.2. The van der Waals surface area contributed by atoms with Gasteiger partial charge in [0, 0.05) is 10.8 Å². The monoisotopic (exact) mass is 324 g/mol. The third-order valence-corrected chi connectivity index (χ3v) is 4.46. The molecule has 0 fully saturated rings. The number of rotatable bonds is 3. The summed E-state index contributed by atoms with van der Waals surface area (Å²) in [5.74, 6) is -0.0323. The van der Waals surface area contributed by atoms with Crippen LogP contribution in [0, 0.1) is 0 Å². The van der Waals surface area contributed by atoms with Gasteiger partial charge in [0.15, 0.2) is 5.13 Å². The molecule has 0 saturated carbocycles. The predicted octanol–water partition coefficient (Wildman–Crippen LogP) is 4.78. The first-order valence-electron chi connectivity index (χ1n) is 7.65. The second-order valence-electron chi connectivity index (χ2n) is 6.69. The molecule has 23 heavy (non-hydrogen) atoms. The Kier molecular flexibility index (Phi) is 4.18. The summed E-state index contributed by atoms with van der Waals surface area (Å²) in [6.45, 7) is 6.34. The second kappa shape index (κ2) is 6.13. The Bertz CT molecular complexity index is 846. The minimum absolute atomic E-state index is 0.00216. The molecule has 0 aliphatic carbocycles. The molecule has 118 valence electrons. The normalized spacial score (nSPS) is 11.6. The van der Waals surface area contributed by atoms with Crippen LogP contribution in [0.25, 0.3) is 10.8 Å². The number of benzene rings is 2. The quantitative estimate of drug-likeness (QED) is 0.753. The molecule has 3 aromatic rings. The Morgan fingerprint density at radius 2 is 1.87 bits per heavy atom. The van der Waals surface area contributed by atoms with Crippen LogP contribution < -0.4 is 5.32 Å². The first-order chi connectivity index (χ1) is 10.9. The van der Waals surface area contributed by atoms with Crippen LogP contribution in [0.15, 0.2) is 47.8 Å². The largest absolute Gasteiger partial charge is 0.302 e. The molecule has 0 unspecified atom stereocenters. The zero-order valence-corrected chi connectivity index (χ0v) is 14.4. The lowest BCUT2D eigenvalue weighted by Crippen LogP contribution is -2.15. The fourth-order valence-corrected chi connectivity index (χ4v) is 3.33. The molecule has 0 bridgehead atoms. The second-order valence-corrected chi connectivity index (χ2v) is 7.55. The van der Waals surface area contributed by atoms with E-state index in [0.29, 0.717) is 11.6 Å². The minimum atomic E-state index is -0.0323. The fourth-order valence-electron chi connectivity index (χ4n) is 2.37. The van der Waals surface area contributed by atoms with Crippen LogP contribution >= 0.6 is 11.3 Å². The number of carbonyl (C=O) groups excluding carboxylic acids is 1. The maximum atomic E-state index is 12.2. The van der Waals surface area contributed by atoms with E-state index >= 15 is 0 Å². The minimum Gasteiger partial charge on any atom is -0.302 e. The van der Waals surface area contributed by atoms with Crippen molar-refractivity contribution >= 4 is 33.1 Å². The molecule has 1 N–H and O–H groups in total. The molecular formula is C19H20N2OS. The number of fused-ring (bicyclic) bond motifs is 1. The molecule has 0 spiro atoms. The Hall–Kier alpha value is -2.20. The average molecular weight is 324 g/mol. The molecule has 2 aromatic carbocycles. The number of carbonyl (C=O) groups is 1. The van der Waals surface area contributed by atoms with Crippen molar-refractivity contribution in [3.63, 3.8) is 0 Å². The molecule has 0 radical (unpaired) electrons. The van der Waals surface area contributed by atoms with Crippen LogP contribution in [0.3, 0.4) is 0 Å². The van der Waals surface area contributed by atoms with Gasteiger partial charge in [-0.3, -0.25) is 4.79 Å². The smallest absolute Gasteiger partial charge is 0.230 e. The molecule has 0 aliphatic heterocycles. The van der Waals surface area contributed by atoms with E-state index in [1.165, 1.54) is 16.7 Å². The lowest BCUT2D eigenvalue weighted by molar-refractivity contribution is -0.115. The molecular weight excluding hydrogens is 304 g/mol. The zero-order valence-electron chi connectivity index (χ0n) is 13.6. The number of hydrogen-bond acceptors (Lipinski definition) is 3. The van der Waals surface area contributed by atoms with E-state index in [9.17, 15) is 4.79 Å². The summed E-state index contributed by atoms with van der Waals surface area (Å²) >= 11 is 1.47. The van der Waals surface area contributed by atoms with Crippen molar-refractivity contribution in [2.45, 2.75) is 32.6 Å². The summed E-state index contributed by atoms with van der Waals surface area (Å²) < 4.78 is 0. The van der Waals surface area contributed by atoms with Gasteiger partial charge < -0.3 is 5.32 Å². The number of anilines is 1. The first kappa shape index (κ1) is 15.7. The molecule has 1 heterocycles. The third-order valence-electron chi connectivity index (χ3n) is 3.70. The topological polar surface area (TPSA) is 42.0 Å². The summed E-state index contributed by atoms with van der Waals surface area (Å²) in [7, 11) is 0. The highest BCUT2D eigenvalue weighted by atomic mass is 32.1. The van der Waals surface area contributed by atoms with Crippen LogP contribution in [0.5, 0.6) is 0 Å². The summed E-state index contributed by atoms with van der Waals surface area (Å²) in [4.78, 5) is 16.7. The maximum Gasteiger partial charge on any atom is 0.230 e. The van der Waals surface area contributed by atoms with Gasteiger partial charge in [-0.2, -0.15) is 0 Å². The van der Waals surface area contributed by atoms with Gasteiger partial charge >= 0.3 is 0 Å². The summed E-state index contributed by atoms with van der Waals surface area (Å²) in [5.41, 5.74) is 2.01. The first-order valence-corrected chi connectivity index (χ1v) is 8.53.